The Bertz CT molecular complexity index is 89.2. The predicted molar refractivity (Wildman–Crippen MR) is 69.8 cm³/mol. The molecule has 0 heterocycles. The summed E-state index contributed by atoms with van der Waals surface area (Å²) in [4.78, 5) is 0. The van der Waals surface area contributed by atoms with Gasteiger partial charge in [-0.25, -0.2) is 0 Å². The number of allylic oxidation sites excluding steroid dienone is 4. The van der Waals surface area contributed by atoms with E-state index >= 15 is 0 Å². The van der Waals surface area contributed by atoms with Gasteiger partial charge in [-0.2, -0.15) is 19.3 Å². The van der Waals surface area contributed by atoms with Gasteiger partial charge in [-0.05, 0) is 6.42 Å². The van der Waals surface area contributed by atoms with Crippen LogP contribution in [0.1, 0.15) is 46.5 Å². The van der Waals surface area contributed by atoms with Crippen molar-refractivity contribution in [1.82, 2.24) is 0 Å². The Morgan fingerprint density at radius 1 is 0.800 bits per heavy atom. The smallest absolute Gasteiger partial charge is 0.344 e. The summed E-state index contributed by atoms with van der Waals surface area (Å²) in [5.74, 6) is 0. The number of hydrogen-bond donors (Lipinski definition) is 0. The van der Waals surface area contributed by atoms with Gasteiger partial charge in [0, 0.05) is 0 Å². The number of hydrogen-bond acceptors (Lipinski definition) is 0. The maximum absolute atomic E-state index is 3.49. The monoisotopic (exact) mass is 285 g/mol. The van der Waals surface area contributed by atoms with Crippen LogP contribution in [0.3, 0.4) is 0 Å². The van der Waals surface area contributed by atoms with Gasteiger partial charge >= 0.3 is 26.2 Å². The minimum Gasteiger partial charge on any atom is -0.344 e. The molecule has 0 atom stereocenters. The van der Waals surface area contributed by atoms with Crippen LogP contribution in [0.2, 0.25) is 0 Å². The van der Waals surface area contributed by atoms with Crippen molar-refractivity contribution >= 4 is 0 Å². The standard InChI is InChI=1S/C5H6.3C3H7.Zr/c1-2-4-5-3-1;3*1-3-2;/h1-4H,5H2;3*1,3H2,2H3;/q;3*-1;+3. The van der Waals surface area contributed by atoms with Crippen molar-refractivity contribution in [2.45, 2.75) is 46.5 Å². The number of rotatable bonds is 0. The molecule has 1 aliphatic rings. The Labute approximate surface area is 117 Å². The molecule has 0 nitrogen and oxygen atoms in total. The van der Waals surface area contributed by atoms with Crippen molar-refractivity contribution in [1.29, 1.82) is 0 Å². The second-order valence-electron chi connectivity index (χ2n) is 2.59. The molecule has 1 aliphatic carbocycles. The normalized spacial score (nSPS) is 9.47. The SMILES string of the molecule is C1=CCC=C1.[CH2-]CC.[CH2-]CC.[CH2-]CC.[Zr+3]. The molecule has 1 rings (SSSR count). The molecule has 1 heteroatoms. The van der Waals surface area contributed by atoms with Gasteiger partial charge in [0.1, 0.15) is 0 Å². The van der Waals surface area contributed by atoms with Crippen LogP contribution in [-0.2, 0) is 26.2 Å². The van der Waals surface area contributed by atoms with Crippen molar-refractivity contribution in [3.63, 3.8) is 0 Å². The fraction of sp³-hybridized carbons (Fsp3) is 0.500. The van der Waals surface area contributed by atoms with E-state index in [2.05, 4.69) is 45.1 Å². The molecule has 0 fully saturated rings. The first-order valence-electron chi connectivity index (χ1n) is 5.44. The third-order valence-electron chi connectivity index (χ3n) is 0.655. The Hall–Kier alpha value is 0.363. The molecule has 0 aromatic carbocycles. The molecule has 15 heavy (non-hydrogen) atoms. The van der Waals surface area contributed by atoms with Gasteiger partial charge in [0.2, 0.25) is 0 Å². The van der Waals surface area contributed by atoms with Crippen LogP contribution in [-0.4, -0.2) is 0 Å². The van der Waals surface area contributed by atoms with Crippen molar-refractivity contribution in [2.24, 2.45) is 0 Å². The van der Waals surface area contributed by atoms with E-state index < -0.39 is 0 Å². The third kappa shape index (κ3) is 76.3. The summed E-state index contributed by atoms with van der Waals surface area (Å²) in [6, 6.07) is 0. The Morgan fingerprint density at radius 3 is 1.07 bits per heavy atom. The van der Waals surface area contributed by atoms with E-state index in [4.69, 9.17) is 0 Å². The van der Waals surface area contributed by atoms with Gasteiger partial charge in [-0.3, -0.25) is 0 Å². The molecule has 0 bridgehead atoms. The quantitative estimate of drug-likeness (QED) is 0.537. The van der Waals surface area contributed by atoms with Crippen LogP contribution in [0.25, 0.3) is 0 Å². The van der Waals surface area contributed by atoms with E-state index in [9.17, 15) is 0 Å². The topological polar surface area (TPSA) is 0 Å². The van der Waals surface area contributed by atoms with E-state index in [0.29, 0.717) is 0 Å². The zero-order chi connectivity index (χ0) is 11.7. The summed E-state index contributed by atoms with van der Waals surface area (Å²) in [6.45, 7) is 16.5. The van der Waals surface area contributed by atoms with Crippen LogP contribution in [0.4, 0.5) is 0 Å². The van der Waals surface area contributed by atoms with Crippen molar-refractivity contribution < 1.29 is 26.2 Å². The first-order valence-corrected chi connectivity index (χ1v) is 5.44. The second-order valence-corrected chi connectivity index (χ2v) is 2.59. The van der Waals surface area contributed by atoms with Crippen LogP contribution < -0.4 is 0 Å². The van der Waals surface area contributed by atoms with Gasteiger partial charge in [0.05, 0.1) is 0 Å². The van der Waals surface area contributed by atoms with Crippen LogP contribution in [0.15, 0.2) is 24.3 Å². The molecule has 0 saturated heterocycles. The second kappa shape index (κ2) is 36.7. The molecule has 0 amide bonds. The third-order valence-corrected chi connectivity index (χ3v) is 0.655. The van der Waals surface area contributed by atoms with E-state index in [1.807, 2.05) is 20.8 Å². The first-order chi connectivity index (χ1) is 6.74. The van der Waals surface area contributed by atoms with Gasteiger partial charge < -0.3 is 20.8 Å². The summed E-state index contributed by atoms with van der Waals surface area (Å²) in [5, 5.41) is 0. The maximum Gasteiger partial charge on any atom is 3.00 e. The molecule has 0 aliphatic heterocycles. The van der Waals surface area contributed by atoms with Gasteiger partial charge in [0.15, 0.2) is 0 Å². The van der Waals surface area contributed by atoms with E-state index in [0.717, 1.165) is 25.7 Å². The Kier molecular flexibility index (Phi) is 60.0. The van der Waals surface area contributed by atoms with Gasteiger partial charge in [0.25, 0.3) is 0 Å². The molecular formula is C14H27Zr. The molecule has 0 spiro atoms. The summed E-state index contributed by atoms with van der Waals surface area (Å²) < 4.78 is 0. The first kappa shape index (κ1) is 24.5. The largest absolute Gasteiger partial charge is 3.00 e. The minimum absolute atomic E-state index is 0. The molecule has 0 aromatic rings. The van der Waals surface area contributed by atoms with Crippen molar-refractivity contribution in [3.8, 4) is 0 Å². The minimum atomic E-state index is 0. The fourth-order valence-corrected chi connectivity index (χ4v) is 0.393. The molecule has 0 N–H and O–H groups in total. The van der Waals surface area contributed by atoms with Gasteiger partial charge in [-0.15, -0.1) is 0 Å². The van der Waals surface area contributed by atoms with Crippen LogP contribution in [0, 0.1) is 20.8 Å². The zero-order valence-corrected chi connectivity index (χ0v) is 13.2. The molecule has 0 unspecified atom stereocenters. The maximum atomic E-state index is 3.49. The van der Waals surface area contributed by atoms with Crippen LogP contribution >= 0.6 is 0 Å². The summed E-state index contributed by atoms with van der Waals surface area (Å²) in [7, 11) is 0. The molecule has 1 radical (unpaired) electrons. The van der Waals surface area contributed by atoms with E-state index in [1.54, 1.807) is 0 Å². The predicted octanol–water partition coefficient (Wildman–Crippen LogP) is 5.19. The van der Waals surface area contributed by atoms with Gasteiger partial charge in [-0.1, -0.05) is 45.1 Å². The summed E-state index contributed by atoms with van der Waals surface area (Å²) in [6.07, 6.45) is 12.5. The zero-order valence-electron chi connectivity index (χ0n) is 10.8. The summed E-state index contributed by atoms with van der Waals surface area (Å²) in [5.41, 5.74) is 0. The molecular weight excluding hydrogens is 259 g/mol. The summed E-state index contributed by atoms with van der Waals surface area (Å²) >= 11 is 0. The van der Waals surface area contributed by atoms with Crippen molar-refractivity contribution in [2.75, 3.05) is 0 Å². The van der Waals surface area contributed by atoms with Crippen molar-refractivity contribution in [3.05, 3.63) is 45.1 Å². The van der Waals surface area contributed by atoms with Crippen LogP contribution in [0.5, 0.6) is 0 Å². The Balaban J connectivity index is -0.0000000550. The average molecular weight is 287 g/mol. The average Bonchev–Trinajstić information content (AvgIpc) is 2.63. The molecule has 0 saturated carbocycles. The fourth-order valence-electron chi connectivity index (χ4n) is 0.393. The Morgan fingerprint density at radius 2 is 1.00 bits per heavy atom. The molecule has 0 aromatic heterocycles. The van der Waals surface area contributed by atoms with E-state index in [1.165, 1.54) is 0 Å². The molecule has 87 valence electrons. The van der Waals surface area contributed by atoms with E-state index in [-0.39, 0.29) is 26.2 Å².